The van der Waals surface area contributed by atoms with Gasteiger partial charge in [-0.2, -0.15) is 12.6 Å². The van der Waals surface area contributed by atoms with Crippen molar-refractivity contribution in [2.24, 2.45) is 0 Å². The van der Waals surface area contributed by atoms with Gasteiger partial charge in [-0.05, 0) is 13.8 Å². The second-order valence-corrected chi connectivity index (χ2v) is 2.84. The van der Waals surface area contributed by atoms with Gasteiger partial charge >= 0.3 is 0 Å². The van der Waals surface area contributed by atoms with E-state index in [2.05, 4.69) is 19.2 Å². The Bertz CT molecular complexity index is 116. The van der Waals surface area contributed by atoms with Gasteiger partial charge in [0.05, 0.1) is 4.75 Å². The number of ketones is 1. The molecule has 0 fully saturated rings. The van der Waals surface area contributed by atoms with Gasteiger partial charge in [-0.15, -0.1) is 6.58 Å². The average Bonchev–Trinajstić information content (AvgIpc) is 1.67. The fourth-order valence-corrected chi connectivity index (χ4v) is 0.144. The highest BCUT2D eigenvalue weighted by atomic mass is 32.1. The molecule has 0 amide bonds. The van der Waals surface area contributed by atoms with Crippen LogP contribution < -0.4 is 0 Å². The van der Waals surface area contributed by atoms with Crippen molar-refractivity contribution in [1.82, 2.24) is 0 Å². The SMILES string of the molecule is C=CC(C)(S)C(C)=O. The van der Waals surface area contributed by atoms with Crippen molar-refractivity contribution in [3.05, 3.63) is 12.7 Å². The molecule has 0 heterocycles. The molecule has 2 heteroatoms. The van der Waals surface area contributed by atoms with Gasteiger partial charge in [-0.1, -0.05) is 6.08 Å². The third-order valence-corrected chi connectivity index (χ3v) is 1.61. The molecular formula is C6H10OS. The zero-order valence-corrected chi connectivity index (χ0v) is 6.03. The monoisotopic (exact) mass is 130 g/mol. The molecular weight excluding hydrogens is 120 g/mol. The maximum Gasteiger partial charge on any atom is 0.149 e. The largest absolute Gasteiger partial charge is 0.298 e. The topological polar surface area (TPSA) is 17.1 Å². The van der Waals surface area contributed by atoms with Crippen molar-refractivity contribution in [3.8, 4) is 0 Å². The third kappa shape index (κ3) is 1.70. The molecule has 0 aromatic rings. The highest BCUT2D eigenvalue weighted by molar-refractivity contribution is 7.83. The van der Waals surface area contributed by atoms with Crippen LogP contribution in [0.2, 0.25) is 0 Å². The molecule has 0 aromatic carbocycles. The molecule has 0 aliphatic rings. The van der Waals surface area contributed by atoms with Gasteiger partial charge in [0.15, 0.2) is 0 Å². The van der Waals surface area contributed by atoms with Crippen LogP contribution in [-0.4, -0.2) is 10.5 Å². The first-order valence-electron chi connectivity index (χ1n) is 2.37. The summed E-state index contributed by atoms with van der Waals surface area (Å²) in [6, 6.07) is 0. The van der Waals surface area contributed by atoms with E-state index in [1.165, 1.54) is 13.0 Å². The summed E-state index contributed by atoms with van der Waals surface area (Å²) < 4.78 is -0.639. The number of carbonyl (C=O) groups is 1. The Morgan fingerprint density at radius 2 is 2.25 bits per heavy atom. The summed E-state index contributed by atoms with van der Waals surface area (Å²) in [6.45, 7) is 6.66. The molecule has 0 radical (unpaired) electrons. The second-order valence-electron chi connectivity index (χ2n) is 1.91. The molecule has 46 valence electrons. The molecule has 1 unspecified atom stereocenters. The van der Waals surface area contributed by atoms with Crippen molar-refractivity contribution >= 4 is 18.4 Å². The van der Waals surface area contributed by atoms with Crippen molar-refractivity contribution in [1.29, 1.82) is 0 Å². The van der Waals surface area contributed by atoms with Crippen LogP contribution in [0.25, 0.3) is 0 Å². The van der Waals surface area contributed by atoms with E-state index >= 15 is 0 Å². The first kappa shape index (κ1) is 7.76. The first-order chi connectivity index (χ1) is 3.50. The van der Waals surface area contributed by atoms with E-state index in [9.17, 15) is 4.79 Å². The Hall–Kier alpha value is -0.240. The third-order valence-electron chi connectivity index (χ3n) is 1.11. The number of thiol groups is 1. The number of hydrogen-bond donors (Lipinski definition) is 1. The minimum Gasteiger partial charge on any atom is -0.298 e. The summed E-state index contributed by atoms with van der Waals surface area (Å²) in [6.07, 6.45) is 1.53. The zero-order chi connectivity index (χ0) is 6.78. The van der Waals surface area contributed by atoms with E-state index in [4.69, 9.17) is 0 Å². The van der Waals surface area contributed by atoms with Crippen molar-refractivity contribution < 1.29 is 4.79 Å². The van der Waals surface area contributed by atoms with Gasteiger partial charge in [0, 0.05) is 0 Å². The van der Waals surface area contributed by atoms with Crippen LogP contribution >= 0.6 is 12.6 Å². The molecule has 0 aliphatic carbocycles. The van der Waals surface area contributed by atoms with Gasteiger partial charge in [0.2, 0.25) is 0 Å². The van der Waals surface area contributed by atoms with Crippen LogP contribution in [0.1, 0.15) is 13.8 Å². The van der Waals surface area contributed by atoms with E-state index in [-0.39, 0.29) is 5.78 Å². The lowest BCUT2D eigenvalue weighted by atomic mass is 10.1. The van der Waals surface area contributed by atoms with Crippen LogP contribution in [-0.2, 0) is 4.79 Å². The van der Waals surface area contributed by atoms with E-state index < -0.39 is 4.75 Å². The molecule has 0 saturated heterocycles. The van der Waals surface area contributed by atoms with Crippen LogP contribution in [0.3, 0.4) is 0 Å². The molecule has 0 rings (SSSR count). The minimum absolute atomic E-state index is 0.0239. The predicted molar refractivity (Wildman–Crippen MR) is 38.3 cm³/mol. The molecule has 1 atom stereocenters. The fourth-order valence-electron chi connectivity index (χ4n) is 0.144. The highest BCUT2D eigenvalue weighted by Gasteiger charge is 2.19. The van der Waals surface area contributed by atoms with E-state index in [0.29, 0.717) is 0 Å². The summed E-state index contributed by atoms with van der Waals surface area (Å²) in [5.74, 6) is 0.0239. The Morgan fingerprint density at radius 3 is 2.25 bits per heavy atom. The average molecular weight is 130 g/mol. The van der Waals surface area contributed by atoms with Crippen LogP contribution in [0.4, 0.5) is 0 Å². The van der Waals surface area contributed by atoms with Crippen molar-refractivity contribution in [2.75, 3.05) is 0 Å². The number of Topliss-reactive ketones (excluding diaryl/α,β-unsaturated/α-hetero) is 1. The van der Waals surface area contributed by atoms with Crippen LogP contribution in [0.15, 0.2) is 12.7 Å². The molecule has 0 N–H and O–H groups in total. The Morgan fingerprint density at radius 1 is 1.88 bits per heavy atom. The predicted octanol–water partition coefficient (Wildman–Crippen LogP) is 1.45. The first-order valence-corrected chi connectivity index (χ1v) is 2.82. The van der Waals surface area contributed by atoms with Crippen molar-refractivity contribution in [3.63, 3.8) is 0 Å². The summed E-state index contributed by atoms with van der Waals surface area (Å²) in [7, 11) is 0. The zero-order valence-electron chi connectivity index (χ0n) is 5.14. The molecule has 1 nitrogen and oxygen atoms in total. The maximum atomic E-state index is 10.5. The van der Waals surface area contributed by atoms with Gasteiger partial charge < -0.3 is 0 Å². The second kappa shape index (κ2) is 2.35. The summed E-state index contributed by atoms with van der Waals surface area (Å²) in [4.78, 5) is 10.5. The minimum atomic E-state index is -0.639. The van der Waals surface area contributed by atoms with E-state index in [1.54, 1.807) is 6.92 Å². The van der Waals surface area contributed by atoms with Gasteiger partial charge in [0.1, 0.15) is 5.78 Å². The fraction of sp³-hybridized carbons (Fsp3) is 0.500. The van der Waals surface area contributed by atoms with Gasteiger partial charge in [0.25, 0.3) is 0 Å². The normalized spacial score (nSPS) is 16.9. The van der Waals surface area contributed by atoms with Crippen LogP contribution in [0, 0.1) is 0 Å². The summed E-state index contributed by atoms with van der Waals surface area (Å²) in [5.41, 5.74) is 0. The Balaban J connectivity index is 4.12. The quantitative estimate of drug-likeness (QED) is 0.442. The summed E-state index contributed by atoms with van der Waals surface area (Å²) in [5, 5.41) is 0. The molecule has 0 aliphatic heterocycles. The van der Waals surface area contributed by atoms with Crippen molar-refractivity contribution in [2.45, 2.75) is 18.6 Å². The van der Waals surface area contributed by atoms with E-state index in [1.807, 2.05) is 0 Å². The lowest BCUT2D eigenvalue weighted by Gasteiger charge is -2.12. The Kier molecular flexibility index (Phi) is 2.28. The van der Waals surface area contributed by atoms with Gasteiger partial charge in [-0.25, -0.2) is 0 Å². The molecule has 0 saturated carbocycles. The maximum absolute atomic E-state index is 10.5. The smallest absolute Gasteiger partial charge is 0.149 e. The molecule has 0 spiro atoms. The Labute approximate surface area is 55.2 Å². The molecule has 0 aromatic heterocycles. The van der Waals surface area contributed by atoms with E-state index in [0.717, 1.165) is 0 Å². The number of rotatable bonds is 2. The molecule has 0 bridgehead atoms. The number of hydrogen-bond acceptors (Lipinski definition) is 2. The van der Waals surface area contributed by atoms with Crippen LogP contribution in [0.5, 0.6) is 0 Å². The summed E-state index contributed by atoms with van der Waals surface area (Å²) >= 11 is 4.01. The van der Waals surface area contributed by atoms with Gasteiger partial charge in [-0.3, -0.25) is 4.79 Å². The number of carbonyl (C=O) groups excluding carboxylic acids is 1. The lowest BCUT2D eigenvalue weighted by Crippen LogP contribution is -2.22. The lowest BCUT2D eigenvalue weighted by molar-refractivity contribution is -0.117. The standard InChI is InChI=1S/C6H10OS/c1-4-6(3,8)5(2)7/h4,8H,1H2,2-3H3. The highest BCUT2D eigenvalue weighted by Crippen LogP contribution is 2.14. The molecule has 8 heavy (non-hydrogen) atoms.